The molecule has 17 heavy (non-hydrogen) atoms. The fraction of sp³-hybridized carbons (Fsp3) is 0.125. The Hall–Kier alpha value is -0.800. The number of ether oxygens (including phenoxy) is 1. The fourth-order valence-electron chi connectivity index (χ4n) is 1.13. The average molecular weight is 270 g/mol. The van der Waals surface area contributed by atoms with E-state index in [-0.39, 0.29) is 35.3 Å². The number of aromatic carboxylic acids is 1. The molecule has 0 heterocycles. The number of methoxy groups -OCH3 is 1. The quantitative estimate of drug-likeness (QED) is 0.424. The maximum absolute atomic E-state index is 10.8. The molecule has 0 fully saturated rings. The summed E-state index contributed by atoms with van der Waals surface area (Å²) >= 11 is 0. The van der Waals surface area contributed by atoms with Gasteiger partial charge in [-0.1, -0.05) is 0 Å². The minimum atomic E-state index is -4.76. The molecule has 1 rings (SSSR count). The van der Waals surface area contributed by atoms with E-state index in [1.54, 1.807) is 0 Å². The number of carboxylic acids is 1. The first-order chi connectivity index (χ1) is 7.29. The first-order valence-corrected chi connectivity index (χ1v) is 5.32. The predicted octanol–water partition coefficient (Wildman–Crippen LogP) is -3.98. The van der Waals surface area contributed by atoms with Crippen molar-refractivity contribution in [3.8, 4) is 11.5 Å². The molecular weight excluding hydrogens is 263 g/mol. The molecule has 9 heteroatoms. The maximum atomic E-state index is 10.8. The van der Waals surface area contributed by atoms with Crippen LogP contribution in [0.2, 0.25) is 0 Å². The summed E-state index contributed by atoms with van der Waals surface area (Å²) in [5.74, 6) is -3.10. The van der Waals surface area contributed by atoms with Crippen molar-refractivity contribution in [2.24, 2.45) is 0 Å². The van der Waals surface area contributed by atoms with E-state index in [0.29, 0.717) is 0 Å². The summed E-state index contributed by atoms with van der Waals surface area (Å²) in [5, 5.41) is 20.0. The number of carbonyl (C=O) groups is 1. The SMILES string of the molecule is COc1ccc(S(=O)(=O)O)c(C(=O)[O-])c1O.[Na+]. The van der Waals surface area contributed by atoms with Crippen molar-refractivity contribution in [2.75, 3.05) is 7.11 Å². The minimum Gasteiger partial charge on any atom is -0.545 e. The van der Waals surface area contributed by atoms with Crippen molar-refractivity contribution in [1.29, 1.82) is 0 Å². The van der Waals surface area contributed by atoms with Gasteiger partial charge in [0.25, 0.3) is 10.1 Å². The van der Waals surface area contributed by atoms with Crippen molar-refractivity contribution < 1.29 is 62.3 Å². The third-order valence-corrected chi connectivity index (χ3v) is 2.70. The molecule has 7 nitrogen and oxygen atoms in total. The number of phenols is 1. The van der Waals surface area contributed by atoms with Crippen LogP contribution in [0.3, 0.4) is 0 Å². The molecule has 0 radical (unpaired) electrons. The smallest absolute Gasteiger partial charge is 0.545 e. The number of carbonyl (C=O) groups excluding carboxylic acids is 1. The standard InChI is InChI=1S/C8H8O7S.Na/c1-15-4-2-3-5(16(12,13)14)6(7(4)9)8(10)11;/h2-3,9H,1H3,(H,10,11)(H,12,13,14);/q;+1/p-1. The van der Waals surface area contributed by atoms with Gasteiger partial charge in [0.15, 0.2) is 11.5 Å². The van der Waals surface area contributed by atoms with E-state index in [0.717, 1.165) is 19.2 Å². The molecule has 0 amide bonds. The van der Waals surface area contributed by atoms with Gasteiger partial charge in [0.1, 0.15) is 4.90 Å². The van der Waals surface area contributed by atoms with E-state index in [1.165, 1.54) is 0 Å². The number of rotatable bonds is 3. The second-order valence-electron chi connectivity index (χ2n) is 2.75. The molecule has 0 unspecified atom stereocenters. The number of hydrogen-bond acceptors (Lipinski definition) is 6. The van der Waals surface area contributed by atoms with E-state index < -0.39 is 32.3 Å². The van der Waals surface area contributed by atoms with Gasteiger partial charge < -0.3 is 19.7 Å². The van der Waals surface area contributed by atoms with Crippen LogP contribution in [-0.2, 0) is 10.1 Å². The summed E-state index contributed by atoms with van der Waals surface area (Å²) in [4.78, 5) is 9.70. The summed E-state index contributed by atoms with van der Waals surface area (Å²) in [5.41, 5.74) is -1.04. The second-order valence-corrected chi connectivity index (χ2v) is 4.14. The number of hydrogen-bond donors (Lipinski definition) is 2. The summed E-state index contributed by atoms with van der Waals surface area (Å²) in [6.07, 6.45) is 0. The zero-order valence-corrected chi connectivity index (χ0v) is 11.8. The van der Waals surface area contributed by atoms with Crippen LogP contribution in [0, 0.1) is 0 Å². The molecule has 0 atom stereocenters. The molecule has 1 aromatic rings. The van der Waals surface area contributed by atoms with E-state index >= 15 is 0 Å². The number of benzene rings is 1. The van der Waals surface area contributed by atoms with E-state index in [1.807, 2.05) is 0 Å². The van der Waals surface area contributed by atoms with Gasteiger partial charge in [-0.25, -0.2) is 0 Å². The summed E-state index contributed by atoms with van der Waals surface area (Å²) in [7, 11) is -3.61. The van der Waals surface area contributed by atoms with Gasteiger partial charge >= 0.3 is 29.6 Å². The summed E-state index contributed by atoms with van der Waals surface area (Å²) in [6.45, 7) is 0. The number of aromatic hydroxyl groups is 1. The monoisotopic (exact) mass is 270 g/mol. The summed E-state index contributed by atoms with van der Waals surface area (Å²) < 4.78 is 35.0. The van der Waals surface area contributed by atoms with E-state index in [2.05, 4.69) is 4.74 Å². The second kappa shape index (κ2) is 5.69. The van der Waals surface area contributed by atoms with Gasteiger partial charge in [0, 0.05) is 0 Å². The molecule has 0 aliphatic carbocycles. The Morgan fingerprint density at radius 3 is 2.29 bits per heavy atom. The predicted molar refractivity (Wildman–Crippen MR) is 48.8 cm³/mol. The first kappa shape index (κ1) is 16.2. The molecule has 0 saturated carbocycles. The molecule has 0 spiro atoms. The number of carboxylic acid groups (broad SMARTS) is 1. The van der Waals surface area contributed by atoms with Crippen LogP contribution >= 0.6 is 0 Å². The zero-order valence-electron chi connectivity index (χ0n) is 9.00. The Morgan fingerprint density at radius 1 is 1.41 bits per heavy atom. The first-order valence-electron chi connectivity index (χ1n) is 3.87. The Morgan fingerprint density at radius 2 is 1.94 bits per heavy atom. The largest absolute Gasteiger partial charge is 1.00 e. The maximum Gasteiger partial charge on any atom is 1.00 e. The molecule has 88 valence electrons. The van der Waals surface area contributed by atoms with Gasteiger partial charge in [-0.05, 0) is 12.1 Å². The van der Waals surface area contributed by atoms with Crippen LogP contribution in [0.1, 0.15) is 10.4 Å². The molecule has 0 bridgehead atoms. The van der Waals surface area contributed by atoms with Gasteiger partial charge in [-0.2, -0.15) is 8.42 Å². The van der Waals surface area contributed by atoms with Gasteiger partial charge in [0.05, 0.1) is 18.6 Å². The molecule has 2 N–H and O–H groups in total. The third kappa shape index (κ3) is 3.33. The molecule has 0 saturated heterocycles. The fourth-order valence-corrected chi connectivity index (χ4v) is 1.81. The van der Waals surface area contributed by atoms with Crippen LogP contribution in [0.25, 0.3) is 0 Å². The van der Waals surface area contributed by atoms with Gasteiger partial charge in [-0.15, -0.1) is 0 Å². The van der Waals surface area contributed by atoms with Crippen molar-refractivity contribution in [3.63, 3.8) is 0 Å². The van der Waals surface area contributed by atoms with Crippen molar-refractivity contribution >= 4 is 16.1 Å². The van der Waals surface area contributed by atoms with Crippen LogP contribution in [0.4, 0.5) is 0 Å². The van der Waals surface area contributed by atoms with Crippen LogP contribution in [0.5, 0.6) is 11.5 Å². The normalized spacial score (nSPS) is 10.5. The topological polar surface area (TPSA) is 124 Å². The van der Waals surface area contributed by atoms with E-state index in [4.69, 9.17) is 4.55 Å². The zero-order chi connectivity index (χ0) is 12.5. The average Bonchev–Trinajstić information content (AvgIpc) is 2.15. The molecule has 0 aromatic heterocycles. The third-order valence-electron chi connectivity index (χ3n) is 1.80. The Kier molecular flexibility index (Phi) is 5.43. The van der Waals surface area contributed by atoms with Crippen molar-refractivity contribution in [3.05, 3.63) is 17.7 Å². The Balaban J connectivity index is 0.00000256. The van der Waals surface area contributed by atoms with Gasteiger partial charge in [-0.3, -0.25) is 4.55 Å². The van der Waals surface area contributed by atoms with E-state index in [9.17, 15) is 23.4 Å². The summed E-state index contributed by atoms with van der Waals surface area (Å²) in [6, 6.07) is 1.80. The van der Waals surface area contributed by atoms with Gasteiger partial charge in [0.2, 0.25) is 0 Å². The molecule has 0 aliphatic heterocycles. The van der Waals surface area contributed by atoms with Crippen molar-refractivity contribution in [1.82, 2.24) is 0 Å². The Labute approximate surface area is 119 Å². The van der Waals surface area contributed by atoms with Crippen LogP contribution in [-0.4, -0.2) is 31.2 Å². The Bertz CT molecular complexity index is 537. The van der Waals surface area contributed by atoms with Crippen LogP contribution in [0.15, 0.2) is 17.0 Å². The van der Waals surface area contributed by atoms with Crippen LogP contribution < -0.4 is 39.4 Å². The minimum absolute atomic E-state index is 0. The molecule has 1 aromatic carbocycles. The van der Waals surface area contributed by atoms with Crippen molar-refractivity contribution in [2.45, 2.75) is 4.90 Å². The molecular formula is C8H7NaO7S. The molecule has 0 aliphatic rings.